The third-order valence-corrected chi connectivity index (χ3v) is 3.62. The second-order valence-electron chi connectivity index (χ2n) is 5.17. The van der Waals surface area contributed by atoms with Crippen LogP contribution >= 0.6 is 0 Å². The van der Waals surface area contributed by atoms with Gasteiger partial charge in [-0.25, -0.2) is 0 Å². The normalized spacial score (nSPS) is 25.2. The first-order valence-electron chi connectivity index (χ1n) is 6.65. The van der Waals surface area contributed by atoms with Crippen LogP contribution in [0.25, 0.3) is 0 Å². The number of rotatable bonds is 4. The van der Waals surface area contributed by atoms with Crippen molar-refractivity contribution in [1.29, 1.82) is 0 Å². The molecule has 0 radical (unpaired) electrons. The minimum absolute atomic E-state index is 0.522. The molecular formula is C12H20N4O. The summed E-state index contributed by atoms with van der Waals surface area (Å²) in [6, 6.07) is 1.90. The van der Waals surface area contributed by atoms with Crippen molar-refractivity contribution in [2.75, 3.05) is 11.4 Å². The first-order chi connectivity index (χ1) is 8.33. The Balaban J connectivity index is 1.61. The van der Waals surface area contributed by atoms with Crippen LogP contribution in [0.4, 0.5) is 6.01 Å². The molecule has 5 heteroatoms. The Morgan fingerprint density at radius 1 is 1.29 bits per heavy atom. The van der Waals surface area contributed by atoms with Gasteiger partial charge in [0.1, 0.15) is 0 Å². The Hall–Kier alpha value is -1.10. The van der Waals surface area contributed by atoms with Crippen molar-refractivity contribution < 1.29 is 4.42 Å². The van der Waals surface area contributed by atoms with Crippen molar-refractivity contribution in [3.63, 3.8) is 0 Å². The van der Waals surface area contributed by atoms with E-state index in [1.54, 1.807) is 0 Å². The minimum Gasteiger partial charge on any atom is -0.407 e. The largest absolute Gasteiger partial charge is 0.407 e. The minimum atomic E-state index is 0.522. The van der Waals surface area contributed by atoms with Crippen LogP contribution in [-0.4, -0.2) is 28.8 Å². The second kappa shape index (κ2) is 4.64. The van der Waals surface area contributed by atoms with Crippen molar-refractivity contribution in [2.24, 2.45) is 0 Å². The number of nitrogens with one attached hydrogen (secondary N) is 1. The lowest BCUT2D eigenvalue weighted by molar-refractivity contribution is 0.413. The van der Waals surface area contributed by atoms with E-state index in [4.69, 9.17) is 4.42 Å². The number of nitrogens with zero attached hydrogens (tertiary/aromatic N) is 3. The van der Waals surface area contributed by atoms with Crippen molar-refractivity contribution in [2.45, 2.75) is 57.7 Å². The number of hydrogen-bond donors (Lipinski definition) is 1. The molecule has 94 valence electrons. The smallest absolute Gasteiger partial charge is 0.318 e. The van der Waals surface area contributed by atoms with Gasteiger partial charge in [-0.1, -0.05) is 5.10 Å². The maximum Gasteiger partial charge on any atom is 0.318 e. The Kier molecular flexibility index (Phi) is 3.01. The highest BCUT2D eigenvalue weighted by atomic mass is 16.4. The maximum atomic E-state index is 5.71. The Bertz CT molecular complexity index is 374. The Morgan fingerprint density at radius 3 is 2.94 bits per heavy atom. The molecule has 1 aromatic heterocycles. The van der Waals surface area contributed by atoms with Gasteiger partial charge in [0.2, 0.25) is 5.89 Å². The highest BCUT2D eigenvalue weighted by molar-refractivity contribution is 5.26. The van der Waals surface area contributed by atoms with Gasteiger partial charge in [0.05, 0.1) is 6.54 Å². The van der Waals surface area contributed by atoms with E-state index in [1.165, 1.54) is 32.1 Å². The van der Waals surface area contributed by atoms with E-state index in [2.05, 4.69) is 27.3 Å². The lowest BCUT2D eigenvalue weighted by Crippen LogP contribution is -2.37. The fourth-order valence-electron chi connectivity index (χ4n) is 2.33. The lowest BCUT2D eigenvalue weighted by Gasteiger charge is -2.31. The molecule has 1 saturated heterocycles. The molecule has 1 aromatic rings. The fraction of sp³-hybridized carbons (Fsp3) is 0.833. The van der Waals surface area contributed by atoms with Gasteiger partial charge in [-0.15, -0.1) is 5.10 Å². The summed E-state index contributed by atoms with van der Waals surface area (Å²) in [6.07, 6.45) is 6.32. The molecule has 2 fully saturated rings. The van der Waals surface area contributed by atoms with Crippen LogP contribution in [0.5, 0.6) is 0 Å². The summed E-state index contributed by atoms with van der Waals surface area (Å²) in [5.74, 6) is 0.713. The van der Waals surface area contributed by atoms with Crippen LogP contribution in [0.1, 0.15) is 44.9 Å². The van der Waals surface area contributed by atoms with Crippen LogP contribution in [0.15, 0.2) is 4.42 Å². The summed E-state index contributed by atoms with van der Waals surface area (Å²) in [5.41, 5.74) is 0. The molecule has 1 aliphatic carbocycles. The molecule has 1 saturated carbocycles. The molecule has 17 heavy (non-hydrogen) atoms. The van der Waals surface area contributed by atoms with Crippen molar-refractivity contribution in [1.82, 2.24) is 15.5 Å². The average Bonchev–Trinajstić information content (AvgIpc) is 3.06. The van der Waals surface area contributed by atoms with Crippen LogP contribution in [0.2, 0.25) is 0 Å². The van der Waals surface area contributed by atoms with Crippen LogP contribution in [0.3, 0.4) is 0 Å². The molecule has 1 N–H and O–H groups in total. The summed E-state index contributed by atoms with van der Waals surface area (Å²) in [5, 5.41) is 11.6. The molecule has 2 aliphatic rings. The van der Waals surface area contributed by atoms with Crippen molar-refractivity contribution >= 4 is 6.01 Å². The predicted octanol–water partition coefficient (Wildman–Crippen LogP) is 1.70. The van der Waals surface area contributed by atoms with E-state index in [9.17, 15) is 0 Å². The second-order valence-corrected chi connectivity index (χ2v) is 5.17. The lowest BCUT2D eigenvalue weighted by atomic mass is 10.0. The summed E-state index contributed by atoms with van der Waals surface area (Å²) < 4.78 is 5.71. The molecular weight excluding hydrogens is 216 g/mol. The molecule has 0 spiro atoms. The SMILES string of the molecule is CC1CCCCN1c1nnc(CNC2CC2)o1. The van der Waals surface area contributed by atoms with Gasteiger partial charge in [-0.3, -0.25) is 0 Å². The van der Waals surface area contributed by atoms with Gasteiger partial charge < -0.3 is 14.6 Å². The highest BCUT2D eigenvalue weighted by Gasteiger charge is 2.24. The molecule has 3 rings (SSSR count). The molecule has 1 unspecified atom stereocenters. The third-order valence-electron chi connectivity index (χ3n) is 3.62. The van der Waals surface area contributed by atoms with Crippen molar-refractivity contribution in [3.8, 4) is 0 Å². The van der Waals surface area contributed by atoms with E-state index in [-0.39, 0.29) is 0 Å². The fourth-order valence-corrected chi connectivity index (χ4v) is 2.33. The molecule has 1 atom stereocenters. The molecule has 1 aliphatic heterocycles. The number of aromatic nitrogens is 2. The zero-order valence-electron chi connectivity index (χ0n) is 10.4. The van der Waals surface area contributed by atoms with E-state index in [0.29, 0.717) is 30.5 Å². The van der Waals surface area contributed by atoms with Crippen molar-refractivity contribution in [3.05, 3.63) is 5.89 Å². The molecule has 5 nitrogen and oxygen atoms in total. The first kappa shape index (κ1) is 11.0. The Labute approximate surface area is 102 Å². The van der Waals surface area contributed by atoms with Crippen LogP contribution < -0.4 is 10.2 Å². The molecule has 0 aromatic carbocycles. The van der Waals surface area contributed by atoms with Crippen LogP contribution in [-0.2, 0) is 6.54 Å². The highest BCUT2D eigenvalue weighted by Crippen LogP contribution is 2.24. The monoisotopic (exact) mass is 236 g/mol. The van der Waals surface area contributed by atoms with Gasteiger partial charge in [-0.2, -0.15) is 0 Å². The van der Waals surface area contributed by atoms with Gasteiger partial charge >= 0.3 is 6.01 Å². The number of hydrogen-bond acceptors (Lipinski definition) is 5. The molecule has 0 bridgehead atoms. The quantitative estimate of drug-likeness (QED) is 0.862. The summed E-state index contributed by atoms with van der Waals surface area (Å²) in [6.45, 7) is 3.98. The number of piperidine rings is 1. The van der Waals surface area contributed by atoms with Crippen LogP contribution in [0, 0.1) is 0 Å². The standard InChI is InChI=1S/C12H20N4O/c1-9-4-2-3-7-16(9)12-15-14-11(17-12)8-13-10-5-6-10/h9-10,13H,2-8H2,1H3. The summed E-state index contributed by atoms with van der Waals surface area (Å²) in [4.78, 5) is 2.23. The Morgan fingerprint density at radius 2 is 2.18 bits per heavy atom. The van der Waals surface area contributed by atoms with Gasteiger partial charge in [0.25, 0.3) is 0 Å². The number of anilines is 1. The summed E-state index contributed by atoms with van der Waals surface area (Å²) in [7, 11) is 0. The molecule has 0 amide bonds. The van der Waals surface area contributed by atoms with E-state index >= 15 is 0 Å². The van der Waals surface area contributed by atoms with E-state index < -0.39 is 0 Å². The van der Waals surface area contributed by atoms with E-state index in [0.717, 1.165) is 6.54 Å². The van der Waals surface area contributed by atoms with Gasteiger partial charge in [-0.05, 0) is 39.0 Å². The summed E-state index contributed by atoms with van der Waals surface area (Å²) >= 11 is 0. The first-order valence-corrected chi connectivity index (χ1v) is 6.65. The zero-order chi connectivity index (χ0) is 11.7. The third kappa shape index (κ3) is 2.60. The van der Waals surface area contributed by atoms with Gasteiger partial charge in [0, 0.05) is 18.6 Å². The maximum absolute atomic E-state index is 5.71. The van der Waals surface area contributed by atoms with Gasteiger partial charge in [0.15, 0.2) is 0 Å². The zero-order valence-corrected chi connectivity index (χ0v) is 10.4. The van der Waals surface area contributed by atoms with E-state index in [1.807, 2.05) is 0 Å². The predicted molar refractivity (Wildman–Crippen MR) is 64.8 cm³/mol. The molecule has 2 heterocycles. The average molecular weight is 236 g/mol. The topological polar surface area (TPSA) is 54.2 Å².